The molecule has 4 nitrogen and oxygen atoms in total. The molecule has 0 atom stereocenters. The number of carboxylic acid groups (broad SMARTS) is 1. The minimum absolute atomic E-state index is 0.426. The summed E-state index contributed by atoms with van der Waals surface area (Å²) in [6.45, 7) is 2.46. The molecule has 0 saturated heterocycles. The van der Waals surface area contributed by atoms with Crippen molar-refractivity contribution in [1.82, 2.24) is 0 Å². The molecule has 0 saturated carbocycles. The Bertz CT molecular complexity index is 689. The Morgan fingerprint density at radius 3 is 2.64 bits per heavy atom. The summed E-state index contributed by atoms with van der Waals surface area (Å²) in [5, 5.41) is 8.68. The topological polar surface area (TPSA) is 55.8 Å². The van der Waals surface area contributed by atoms with Crippen LogP contribution >= 0.6 is 0 Å². The molecule has 0 heterocycles. The van der Waals surface area contributed by atoms with E-state index in [1.54, 1.807) is 25.3 Å². The zero-order valence-electron chi connectivity index (χ0n) is 12.6. The zero-order chi connectivity index (χ0) is 15.9. The summed E-state index contributed by atoms with van der Waals surface area (Å²) in [6.07, 6.45) is 2.61. The molecule has 0 radical (unpaired) electrons. The second kappa shape index (κ2) is 7.31. The number of rotatable bonds is 6. The number of hydrogen-bond donors (Lipinski definition) is 1. The molecule has 0 aromatic heterocycles. The van der Waals surface area contributed by atoms with Crippen molar-refractivity contribution < 1.29 is 19.4 Å². The van der Waals surface area contributed by atoms with E-state index in [2.05, 4.69) is 0 Å². The molecule has 0 fully saturated rings. The number of methoxy groups -OCH3 is 1. The van der Waals surface area contributed by atoms with E-state index in [0.29, 0.717) is 18.1 Å². The van der Waals surface area contributed by atoms with Gasteiger partial charge in [0, 0.05) is 6.08 Å². The van der Waals surface area contributed by atoms with Crippen molar-refractivity contribution >= 4 is 12.0 Å². The van der Waals surface area contributed by atoms with Gasteiger partial charge >= 0.3 is 5.97 Å². The molecule has 2 aromatic rings. The Labute approximate surface area is 129 Å². The second-order valence-electron chi connectivity index (χ2n) is 4.80. The third-order valence-corrected chi connectivity index (χ3v) is 3.25. The average Bonchev–Trinajstić information content (AvgIpc) is 2.52. The highest BCUT2D eigenvalue weighted by atomic mass is 16.5. The molecule has 0 unspecified atom stereocenters. The van der Waals surface area contributed by atoms with Crippen molar-refractivity contribution in [1.29, 1.82) is 0 Å². The maximum Gasteiger partial charge on any atom is 0.328 e. The van der Waals surface area contributed by atoms with Crippen LogP contribution in [0.1, 0.15) is 16.7 Å². The lowest BCUT2D eigenvalue weighted by Gasteiger charge is -2.12. The van der Waals surface area contributed by atoms with Gasteiger partial charge in [0.1, 0.15) is 6.61 Å². The summed E-state index contributed by atoms with van der Waals surface area (Å²) >= 11 is 0. The smallest absolute Gasteiger partial charge is 0.328 e. The van der Waals surface area contributed by atoms with Crippen molar-refractivity contribution in [2.45, 2.75) is 13.5 Å². The predicted molar refractivity (Wildman–Crippen MR) is 85.2 cm³/mol. The molecular formula is C18H18O4. The molecule has 114 valence electrons. The first-order chi connectivity index (χ1) is 10.6. The molecular weight excluding hydrogens is 280 g/mol. The molecule has 2 aromatic carbocycles. The number of ether oxygens (including phenoxy) is 2. The zero-order valence-corrected chi connectivity index (χ0v) is 12.6. The Hall–Kier alpha value is -2.75. The van der Waals surface area contributed by atoms with Crippen LogP contribution in [0.15, 0.2) is 48.5 Å². The van der Waals surface area contributed by atoms with Gasteiger partial charge in [-0.2, -0.15) is 0 Å². The fourth-order valence-corrected chi connectivity index (χ4v) is 2.00. The van der Waals surface area contributed by atoms with E-state index in [9.17, 15) is 4.79 Å². The summed E-state index contributed by atoms with van der Waals surface area (Å²) in [7, 11) is 1.57. The first-order valence-electron chi connectivity index (χ1n) is 6.86. The minimum Gasteiger partial charge on any atom is -0.493 e. The average molecular weight is 298 g/mol. The highest BCUT2D eigenvalue weighted by Crippen LogP contribution is 2.29. The largest absolute Gasteiger partial charge is 0.493 e. The van der Waals surface area contributed by atoms with Crippen molar-refractivity contribution in [3.8, 4) is 11.5 Å². The maximum absolute atomic E-state index is 10.6. The number of hydrogen-bond acceptors (Lipinski definition) is 3. The first kappa shape index (κ1) is 15.6. The Morgan fingerprint density at radius 2 is 1.95 bits per heavy atom. The van der Waals surface area contributed by atoms with Crippen LogP contribution in [0.4, 0.5) is 0 Å². The van der Waals surface area contributed by atoms with Gasteiger partial charge in [0.05, 0.1) is 7.11 Å². The summed E-state index contributed by atoms with van der Waals surface area (Å²) < 4.78 is 11.1. The third kappa shape index (κ3) is 4.12. The Balaban J connectivity index is 2.19. The van der Waals surface area contributed by atoms with Gasteiger partial charge in [-0.25, -0.2) is 4.79 Å². The molecule has 0 aliphatic heterocycles. The molecule has 2 rings (SSSR count). The first-order valence-corrected chi connectivity index (χ1v) is 6.86. The summed E-state index contributed by atoms with van der Waals surface area (Å²) in [6, 6.07) is 13.3. The molecule has 4 heteroatoms. The molecule has 0 aliphatic carbocycles. The van der Waals surface area contributed by atoms with E-state index in [1.807, 2.05) is 31.2 Å². The van der Waals surface area contributed by atoms with Gasteiger partial charge in [-0.15, -0.1) is 0 Å². The third-order valence-electron chi connectivity index (χ3n) is 3.25. The molecule has 22 heavy (non-hydrogen) atoms. The molecule has 0 bridgehead atoms. The van der Waals surface area contributed by atoms with Crippen molar-refractivity contribution in [3.63, 3.8) is 0 Å². The van der Waals surface area contributed by atoms with Crippen LogP contribution in [0.3, 0.4) is 0 Å². The number of benzene rings is 2. The van der Waals surface area contributed by atoms with Gasteiger partial charge in [-0.05, 0) is 41.8 Å². The summed E-state index contributed by atoms with van der Waals surface area (Å²) in [5.74, 6) is 0.206. The number of aliphatic carboxylic acids is 1. The van der Waals surface area contributed by atoms with Crippen LogP contribution < -0.4 is 9.47 Å². The van der Waals surface area contributed by atoms with E-state index >= 15 is 0 Å². The number of aryl methyl sites for hydroxylation is 1. The summed E-state index contributed by atoms with van der Waals surface area (Å²) in [4.78, 5) is 10.6. The lowest BCUT2D eigenvalue weighted by molar-refractivity contribution is -0.131. The number of carbonyl (C=O) groups is 1. The number of carboxylic acids is 1. The van der Waals surface area contributed by atoms with Crippen LogP contribution in [-0.2, 0) is 11.4 Å². The summed E-state index contributed by atoms with van der Waals surface area (Å²) in [5.41, 5.74) is 2.99. The van der Waals surface area contributed by atoms with Gasteiger partial charge in [-0.1, -0.05) is 30.3 Å². The molecule has 0 spiro atoms. The van der Waals surface area contributed by atoms with Crippen LogP contribution in [0.5, 0.6) is 11.5 Å². The van der Waals surface area contributed by atoms with Crippen LogP contribution in [0.25, 0.3) is 6.08 Å². The minimum atomic E-state index is -0.988. The van der Waals surface area contributed by atoms with E-state index in [0.717, 1.165) is 22.8 Å². The fraction of sp³-hybridized carbons (Fsp3) is 0.167. The maximum atomic E-state index is 10.6. The van der Waals surface area contributed by atoms with Crippen molar-refractivity contribution in [3.05, 3.63) is 65.2 Å². The van der Waals surface area contributed by atoms with Gasteiger partial charge in [0.2, 0.25) is 0 Å². The van der Waals surface area contributed by atoms with Crippen LogP contribution in [-0.4, -0.2) is 18.2 Å². The lowest BCUT2D eigenvalue weighted by Crippen LogP contribution is -1.99. The standard InChI is InChI=1S/C18H18O4/c1-13-5-3-4-6-15(13)12-22-17-11-14(8-10-18(19)20)7-9-16(17)21-2/h3-11H,12H2,1-2H3,(H,19,20)/b10-8+. The van der Waals surface area contributed by atoms with Gasteiger partial charge in [-0.3, -0.25) is 0 Å². The monoisotopic (exact) mass is 298 g/mol. The molecule has 0 aliphatic rings. The predicted octanol–water partition coefficient (Wildman–Crippen LogP) is 3.68. The van der Waals surface area contributed by atoms with E-state index in [1.165, 1.54) is 6.08 Å². The van der Waals surface area contributed by atoms with Crippen molar-refractivity contribution in [2.75, 3.05) is 7.11 Å². The SMILES string of the molecule is COc1ccc(/C=C/C(=O)O)cc1OCc1ccccc1C. The van der Waals surface area contributed by atoms with E-state index in [4.69, 9.17) is 14.6 Å². The molecule has 0 amide bonds. The lowest BCUT2D eigenvalue weighted by atomic mass is 10.1. The van der Waals surface area contributed by atoms with Gasteiger partial charge in [0.25, 0.3) is 0 Å². The van der Waals surface area contributed by atoms with E-state index < -0.39 is 5.97 Å². The van der Waals surface area contributed by atoms with Gasteiger partial charge < -0.3 is 14.6 Å². The van der Waals surface area contributed by atoms with E-state index in [-0.39, 0.29) is 0 Å². The fourth-order valence-electron chi connectivity index (χ4n) is 2.00. The Morgan fingerprint density at radius 1 is 1.18 bits per heavy atom. The quantitative estimate of drug-likeness (QED) is 0.827. The van der Waals surface area contributed by atoms with Gasteiger partial charge in [0.15, 0.2) is 11.5 Å². The van der Waals surface area contributed by atoms with Crippen LogP contribution in [0, 0.1) is 6.92 Å². The second-order valence-corrected chi connectivity index (χ2v) is 4.80. The molecule has 1 N–H and O–H groups in total. The highest BCUT2D eigenvalue weighted by molar-refractivity contribution is 5.85. The Kier molecular flexibility index (Phi) is 5.20. The normalized spacial score (nSPS) is 10.6. The highest BCUT2D eigenvalue weighted by Gasteiger charge is 2.06. The van der Waals surface area contributed by atoms with Crippen LogP contribution in [0.2, 0.25) is 0 Å². The van der Waals surface area contributed by atoms with Crippen molar-refractivity contribution in [2.24, 2.45) is 0 Å².